The number of rotatable bonds is 7. The zero-order chi connectivity index (χ0) is 24.3. The lowest BCUT2D eigenvalue weighted by Crippen LogP contribution is -2.29. The van der Waals surface area contributed by atoms with Crippen molar-refractivity contribution < 1.29 is 27.9 Å². The van der Waals surface area contributed by atoms with Crippen molar-refractivity contribution in [1.82, 2.24) is 5.43 Å². The number of nitrogens with one attached hydrogen (secondary N) is 1. The van der Waals surface area contributed by atoms with Crippen molar-refractivity contribution in [3.8, 4) is 0 Å². The molecule has 1 atom stereocenters. The molecular weight excluding hydrogens is 435 g/mol. The summed E-state index contributed by atoms with van der Waals surface area (Å²) in [6, 6.07) is 8.62. The maximum Gasteiger partial charge on any atom is 0.416 e. The predicted molar refractivity (Wildman–Crippen MR) is 119 cm³/mol. The van der Waals surface area contributed by atoms with Crippen molar-refractivity contribution in [2.75, 3.05) is 11.5 Å². The minimum atomic E-state index is -4.56. The fraction of sp³-hybridized carbons (Fsp3) is 0.375. The Labute approximate surface area is 190 Å². The number of carbonyl (C=O) groups excluding carboxylic acids is 2. The summed E-state index contributed by atoms with van der Waals surface area (Å²) in [5.74, 6) is -1.74. The molecule has 33 heavy (non-hydrogen) atoms. The molecular formula is C24H26F3N3O3. The highest BCUT2D eigenvalue weighted by Crippen LogP contribution is 2.45. The molecule has 1 heterocycles. The summed E-state index contributed by atoms with van der Waals surface area (Å²) in [5, 5.41) is 12.9. The van der Waals surface area contributed by atoms with Crippen LogP contribution in [0.25, 0.3) is 0 Å². The van der Waals surface area contributed by atoms with E-state index in [1.165, 1.54) is 11.0 Å². The number of aryl methyl sites for hydroxylation is 2. The van der Waals surface area contributed by atoms with Crippen LogP contribution < -0.4 is 10.3 Å². The summed E-state index contributed by atoms with van der Waals surface area (Å²) in [4.78, 5) is 26.7. The Hall–Kier alpha value is -3.20. The first-order valence-electron chi connectivity index (χ1n) is 10.6. The monoisotopic (exact) mass is 461 g/mol. The molecule has 1 unspecified atom stereocenters. The Balaban J connectivity index is 2.01. The molecule has 0 spiro atoms. The van der Waals surface area contributed by atoms with Crippen LogP contribution in [0.15, 0.2) is 41.5 Å². The summed E-state index contributed by atoms with van der Waals surface area (Å²) in [6.45, 7) is 5.24. The van der Waals surface area contributed by atoms with E-state index in [4.69, 9.17) is 5.11 Å². The second-order valence-electron chi connectivity index (χ2n) is 8.19. The fourth-order valence-corrected chi connectivity index (χ4v) is 3.96. The van der Waals surface area contributed by atoms with E-state index in [0.29, 0.717) is 24.1 Å². The number of aliphatic hydroxyl groups is 1. The van der Waals surface area contributed by atoms with E-state index in [2.05, 4.69) is 10.5 Å². The van der Waals surface area contributed by atoms with Crippen molar-refractivity contribution in [2.45, 2.75) is 52.1 Å². The first-order valence-corrected chi connectivity index (χ1v) is 10.6. The Bertz CT molecular complexity index is 1080. The molecule has 0 bridgehead atoms. The highest BCUT2D eigenvalue weighted by Gasteiger charge is 2.42. The van der Waals surface area contributed by atoms with Crippen molar-refractivity contribution in [1.29, 1.82) is 0 Å². The van der Waals surface area contributed by atoms with E-state index in [0.717, 1.165) is 23.3 Å². The highest BCUT2D eigenvalue weighted by atomic mass is 19.4. The number of benzene rings is 2. The van der Waals surface area contributed by atoms with Gasteiger partial charge < -0.3 is 5.11 Å². The molecule has 0 fully saturated rings. The van der Waals surface area contributed by atoms with Crippen LogP contribution in [-0.2, 0) is 15.8 Å². The van der Waals surface area contributed by atoms with Crippen LogP contribution in [0.2, 0.25) is 0 Å². The van der Waals surface area contributed by atoms with Crippen molar-refractivity contribution in [2.24, 2.45) is 5.10 Å². The topological polar surface area (TPSA) is 82.0 Å². The first-order chi connectivity index (χ1) is 15.5. The molecule has 0 aliphatic carbocycles. The molecule has 2 N–H and O–H groups in total. The van der Waals surface area contributed by atoms with Gasteiger partial charge in [-0.15, -0.1) is 0 Å². The smallest absolute Gasteiger partial charge is 0.396 e. The normalized spacial score (nSPS) is 16.2. The van der Waals surface area contributed by atoms with E-state index >= 15 is 0 Å². The van der Waals surface area contributed by atoms with Crippen molar-refractivity contribution >= 4 is 28.9 Å². The lowest BCUT2D eigenvalue weighted by atomic mass is 9.95. The highest BCUT2D eigenvalue weighted by molar-refractivity contribution is 6.22. The van der Waals surface area contributed by atoms with Crippen LogP contribution in [0.4, 0.5) is 24.5 Å². The van der Waals surface area contributed by atoms with E-state index in [1.54, 1.807) is 19.1 Å². The van der Waals surface area contributed by atoms with Gasteiger partial charge in [-0.05, 0) is 74.6 Å². The average molecular weight is 461 g/mol. The van der Waals surface area contributed by atoms with Crippen molar-refractivity contribution in [3.05, 3.63) is 58.7 Å². The standard InChI is InChI=1S/C24H26F3N3O3/c1-14-10-15(2)12-18(11-14)30-20-13-17(24(25,26)27)7-8-19(20)22(23(30)33)16(3)28-29-21(32)6-4-5-9-31/h7-8,10-13,22,31H,4-6,9H2,1-3H3,(H,29,32)/b28-16-. The SMILES string of the molecule is C/C(=N/NC(=O)CCCCO)C1C(=O)N(c2cc(C)cc(C)c2)c2cc(C(F)(F)F)ccc21. The van der Waals surface area contributed by atoms with Crippen LogP contribution in [0.3, 0.4) is 0 Å². The second-order valence-corrected chi connectivity index (χ2v) is 8.19. The second kappa shape index (κ2) is 9.74. The van der Waals surface area contributed by atoms with Gasteiger partial charge in [-0.1, -0.05) is 12.1 Å². The first kappa shape index (κ1) is 24.4. The Morgan fingerprint density at radius 1 is 1.12 bits per heavy atom. The van der Waals surface area contributed by atoms with Gasteiger partial charge in [-0.3, -0.25) is 14.5 Å². The average Bonchev–Trinajstić information content (AvgIpc) is 3.02. The third-order valence-corrected chi connectivity index (χ3v) is 5.43. The molecule has 2 aromatic carbocycles. The number of carbonyl (C=O) groups is 2. The molecule has 0 saturated heterocycles. The maximum absolute atomic E-state index is 13.5. The van der Waals surface area contributed by atoms with Gasteiger partial charge in [0.1, 0.15) is 5.92 Å². The van der Waals surface area contributed by atoms with Gasteiger partial charge in [-0.25, -0.2) is 5.43 Å². The Kier molecular flexibility index (Phi) is 7.22. The molecule has 176 valence electrons. The lowest BCUT2D eigenvalue weighted by molar-refractivity contribution is -0.137. The Morgan fingerprint density at radius 2 is 1.79 bits per heavy atom. The van der Waals surface area contributed by atoms with Gasteiger partial charge in [0.25, 0.3) is 0 Å². The number of halogens is 3. The van der Waals surface area contributed by atoms with Gasteiger partial charge >= 0.3 is 6.18 Å². The summed E-state index contributed by atoms with van der Waals surface area (Å²) in [7, 11) is 0. The maximum atomic E-state index is 13.5. The third kappa shape index (κ3) is 5.42. The molecule has 6 nitrogen and oxygen atoms in total. The van der Waals surface area contributed by atoms with Gasteiger partial charge in [0, 0.05) is 18.7 Å². The number of amides is 2. The molecule has 1 aliphatic heterocycles. The number of alkyl halides is 3. The Morgan fingerprint density at radius 3 is 2.39 bits per heavy atom. The van der Waals surface area contributed by atoms with Crippen LogP contribution in [-0.4, -0.2) is 29.2 Å². The zero-order valence-corrected chi connectivity index (χ0v) is 18.7. The number of fused-ring (bicyclic) bond motifs is 1. The minimum absolute atomic E-state index is 0.0167. The van der Waals surface area contributed by atoms with Crippen LogP contribution in [0, 0.1) is 13.8 Å². The molecule has 0 aromatic heterocycles. The minimum Gasteiger partial charge on any atom is -0.396 e. The van der Waals surface area contributed by atoms with Gasteiger partial charge in [0.05, 0.1) is 17.0 Å². The van der Waals surface area contributed by atoms with Crippen LogP contribution in [0.1, 0.15) is 54.4 Å². The number of unbranched alkanes of at least 4 members (excludes halogenated alkanes) is 1. The number of anilines is 2. The molecule has 0 saturated carbocycles. The van der Waals surface area contributed by atoms with Gasteiger partial charge in [0.15, 0.2) is 0 Å². The number of hydrazone groups is 1. The largest absolute Gasteiger partial charge is 0.416 e. The van der Waals surface area contributed by atoms with E-state index in [9.17, 15) is 22.8 Å². The molecule has 2 aromatic rings. The number of hydrogen-bond acceptors (Lipinski definition) is 4. The van der Waals surface area contributed by atoms with Gasteiger partial charge in [0.2, 0.25) is 11.8 Å². The lowest BCUT2D eigenvalue weighted by Gasteiger charge is -2.20. The number of nitrogens with zero attached hydrogens (tertiary/aromatic N) is 2. The van der Waals surface area contributed by atoms with E-state index in [1.807, 2.05) is 19.9 Å². The summed E-state index contributed by atoms with van der Waals surface area (Å²) in [5.41, 5.74) is 4.56. The predicted octanol–water partition coefficient (Wildman–Crippen LogP) is 4.74. The molecule has 0 radical (unpaired) electrons. The molecule has 9 heteroatoms. The molecule has 1 aliphatic rings. The van der Waals surface area contributed by atoms with Crippen LogP contribution >= 0.6 is 0 Å². The fourth-order valence-electron chi connectivity index (χ4n) is 3.96. The van der Waals surface area contributed by atoms with Crippen molar-refractivity contribution in [3.63, 3.8) is 0 Å². The molecule has 3 rings (SSSR count). The van der Waals surface area contributed by atoms with Crippen LogP contribution in [0.5, 0.6) is 0 Å². The summed E-state index contributed by atoms with van der Waals surface area (Å²) >= 11 is 0. The third-order valence-electron chi connectivity index (χ3n) is 5.43. The zero-order valence-electron chi connectivity index (χ0n) is 18.7. The molecule has 2 amide bonds. The van der Waals surface area contributed by atoms with Gasteiger partial charge in [-0.2, -0.15) is 18.3 Å². The summed E-state index contributed by atoms with van der Waals surface area (Å²) in [6.07, 6.45) is -3.42. The van der Waals surface area contributed by atoms with E-state index in [-0.39, 0.29) is 30.3 Å². The number of aliphatic hydroxyl groups excluding tert-OH is 1. The summed E-state index contributed by atoms with van der Waals surface area (Å²) < 4.78 is 40.2. The van der Waals surface area contributed by atoms with E-state index < -0.39 is 23.6 Å². The quantitative estimate of drug-likeness (QED) is 0.355. The number of hydrogen-bond donors (Lipinski definition) is 2.